The van der Waals surface area contributed by atoms with Gasteiger partial charge in [-0.25, -0.2) is 0 Å². The SMILES string of the molecule is OC1[C@H](O)CC([C@H](O)O[C@H]2C[C@@H]3[C@@H](O)C[C@@H](O)C[C@H]3O[C@@H]2C2C[C@@H](O)C(O)[C@@H](O)C2)C[C@@H]1O.OC1[C@H](O)CC([C@H]2O[C@@H]3C[C@@H](O)C[C@H](O)[C@H]3C[C@@H]2O[C@H](O)C2C[C@H](O)C(O)[C@@H](O)C2)C[C@@H]1O.[Zn]. The molecule has 22 nitrogen and oxygen atoms in total. The predicted octanol–water partition coefficient (Wildman–Crippen LogP) is -6.07. The van der Waals surface area contributed by atoms with Crippen LogP contribution in [0.3, 0.4) is 0 Å². The van der Waals surface area contributed by atoms with E-state index in [0.717, 1.165) is 0 Å². The van der Waals surface area contributed by atoms with E-state index in [1.165, 1.54) is 0 Å². The molecular formula is C44H76O22Zn. The number of fused-ring (bicyclic) bond motifs is 2. The Hall–Kier alpha value is -0.257. The van der Waals surface area contributed by atoms with Crippen molar-refractivity contribution < 1.29 is 130 Å². The monoisotopic (exact) mass is 1020 g/mol. The summed E-state index contributed by atoms with van der Waals surface area (Å²) < 4.78 is 24.5. The number of hydrogen-bond donors (Lipinski definition) is 18. The van der Waals surface area contributed by atoms with Crippen molar-refractivity contribution in [3.05, 3.63) is 0 Å². The Labute approximate surface area is 401 Å². The van der Waals surface area contributed by atoms with Crippen molar-refractivity contribution in [3.8, 4) is 0 Å². The van der Waals surface area contributed by atoms with Crippen LogP contribution in [0.25, 0.3) is 0 Å². The van der Waals surface area contributed by atoms with E-state index in [2.05, 4.69) is 0 Å². The molecule has 28 atom stereocenters. The minimum atomic E-state index is -1.38. The summed E-state index contributed by atoms with van der Waals surface area (Å²) in [6.07, 6.45) is -21.7. The maximum Gasteiger partial charge on any atom is 0.158 e. The van der Waals surface area contributed by atoms with Gasteiger partial charge in [-0.1, -0.05) is 0 Å². The maximum absolute atomic E-state index is 10.8. The molecule has 0 radical (unpaired) electrons. The van der Waals surface area contributed by atoms with Gasteiger partial charge in [0, 0.05) is 43.1 Å². The fourth-order valence-corrected chi connectivity index (χ4v) is 12.5. The van der Waals surface area contributed by atoms with Crippen molar-refractivity contribution in [1.82, 2.24) is 0 Å². The Bertz CT molecular complexity index is 1370. The van der Waals surface area contributed by atoms with Gasteiger partial charge in [0.05, 0.1) is 110 Å². The second-order valence-corrected chi connectivity index (χ2v) is 21.0. The van der Waals surface area contributed by atoms with Crippen molar-refractivity contribution in [2.75, 3.05) is 0 Å². The molecule has 6 aliphatic carbocycles. The predicted molar refractivity (Wildman–Crippen MR) is 221 cm³/mol. The van der Waals surface area contributed by atoms with Gasteiger partial charge in [0.15, 0.2) is 12.6 Å². The molecule has 2 saturated heterocycles. The van der Waals surface area contributed by atoms with Gasteiger partial charge in [-0.2, -0.15) is 0 Å². The third kappa shape index (κ3) is 12.9. The summed E-state index contributed by atoms with van der Waals surface area (Å²) in [5.41, 5.74) is 0. The molecule has 6 unspecified atom stereocenters. The third-order valence-corrected chi connectivity index (χ3v) is 16.3. The summed E-state index contributed by atoms with van der Waals surface area (Å²) in [4.78, 5) is 0. The average molecular weight is 1020 g/mol. The second kappa shape index (κ2) is 23.7. The van der Waals surface area contributed by atoms with E-state index in [-0.39, 0.29) is 95.5 Å². The van der Waals surface area contributed by atoms with Crippen LogP contribution in [0.4, 0.5) is 0 Å². The largest absolute Gasteiger partial charge is 0.393 e. The Balaban J connectivity index is 0.000000218. The van der Waals surface area contributed by atoms with Crippen LogP contribution in [-0.2, 0) is 38.4 Å². The van der Waals surface area contributed by atoms with Gasteiger partial charge < -0.3 is 111 Å². The van der Waals surface area contributed by atoms with Crippen LogP contribution in [0.2, 0.25) is 0 Å². The Morgan fingerprint density at radius 1 is 0.328 bits per heavy atom. The van der Waals surface area contributed by atoms with Crippen LogP contribution in [-0.4, -0.2) is 239 Å². The molecule has 2 heterocycles. The molecular weight excluding hydrogens is 946 g/mol. The molecule has 386 valence electrons. The topological polar surface area (TPSA) is 401 Å². The summed E-state index contributed by atoms with van der Waals surface area (Å²) >= 11 is 0. The van der Waals surface area contributed by atoms with Crippen molar-refractivity contribution >= 4 is 0 Å². The Morgan fingerprint density at radius 3 is 0.881 bits per heavy atom. The number of ether oxygens (including phenoxy) is 4. The van der Waals surface area contributed by atoms with Crippen molar-refractivity contribution in [3.63, 3.8) is 0 Å². The van der Waals surface area contributed by atoms with E-state index in [1.807, 2.05) is 0 Å². The molecule has 6 saturated carbocycles. The molecule has 0 spiro atoms. The van der Waals surface area contributed by atoms with Crippen LogP contribution in [0.5, 0.6) is 0 Å². The van der Waals surface area contributed by atoms with Crippen LogP contribution < -0.4 is 0 Å². The average Bonchev–Trinajstić information content (AvgIpc) is 3.25. The van der Waals surface area contributed by atoms with Crippen LogP contribution in [0.1, 0.15) is 89.9 Å². The summed E-state index contributed by atoms with van der Waals surface area (Å²) in [7, 11) is 0. The van der Waals surface area contributed by atoms with E-state index < -0.39 is 171 Å². The van der Waals surface area contributed by atoms with Crippen LogP contribution >= 0.6 is 0 Å². The number of rotatable bonds is 8. The van der Waals surface area contributed by atoms with E-state index in [0.29, 0.717) is 25.7 Å². The molecule has 23 heteroatoms. The molecule has 0 bridgehead atoms. The Kier molecular flexibility index (Phi) is 19.9. The quantitative estimate of drug-likeness (QED) is 0.0795. The number of hydrogen-bond acceptors (Lipinski definition) is 22. The van der Waals surface area contributed by atoms with Crippen molar-refractivity contribution in [1.29, 1.82) is 0 Å². The van der Waals surface area contributed by atoms with E-state index in [9.17, 15) is 91.9 Å². The first-order chi connectivity index (χ1) is 31.1. The van der Waals surface area contributed by atoms with Gasteiger partial charge >= 0.3 is 0 Å². The Morgan fingerprint density at radius 2 is 0.597 bits per heavy atom. The van der Waals surface area contributed by atoms with E-state index in [1.54, 1.807) is 0 Å². The first kappa shape index (κ1) is 56.0. The van der Waals surface area contributed by atoms with Crippen molar-refractivity contribution in [2.24, 2.45) is 35.5 Å². The molecule has 0 aromatic heterocycles. The van der Waals surface area contributed by atoms with Gasteiger partial charge in [-0.3, -0.25) is 0 Å². The summed E-state index contributed by atoms with van der Waals surface area (Å²) in [5.74, 6) is -2.77. The first-order valence-corrected chi connectivity index (χ1v) is 24.0. The molecule has 0 aromatic carbocycles. The fraction of sp³-hybridized carbons (Fsp3) is 1.00. The fourth-order valence-electron chi connectivity index (χ4n) is 12.5. The summed E-state index contributed by atoms with van der Waals surface area (Å²) in [6, 6.07) is 0. The van der Waals surface area contributed by atoms with Gasteiger partial charge in [0.2, 0.25) is 0 Å². The van der Waals surface area contributed by atoms with Gasteiger partial charge in [-0.15, -0.1) is 0 Å². The minimum Gasteiger partial charge on any atom is -0.393 e. The molecule has 0 amide bonds. The zero-order valence-corrected chi connectivity index (χ0v) is 40.6. The number of aliphatic hydroxyl groups excluding tert-OH is 18. The van der Waals surface area contributed by atoms with E-state index in [4.69, 9.17) is 18.9 Å². The maximum atomic E-state index is 10.8. The second-order valence-electron chi connectivity index (χ2n) is 21.0. The first-order valence-electron chi connectivity index (χ1n) is 24.0. The smallest absolute Gasteiger partial charge is 0.158 e. The zero-order chi connectivity index (χ0) is 48.0. The number of aliphatic hydroxyl groups is 18. The standard InChI is InChI=1S/2C22H38O11.Zn/c2*23-10-5-12(24)11-7-18(33-22(31)9-3-15(27)20(30)16(28)4-9)21(32-17(11)6-10)8-1-13(25)19(29)14(26)2-8;/h2*8-31H,1-7H2;/t8?,9?,10-,11+,12-,13-,14+,15-,16-,17+,18-,19?,20?,21+,22-;8?,9?,10-,11-,12+,13-,14+,15-,16+,17-,18+,19?,20?,21-,22-;/m01./s1. The molecule has 2 aliphatic heterocycles. The minimum absolute atomic E-state index is 0. The summed E-state index contributed by atoms with van der Waals surface area (Å²) in [6.45, 7) is 0. The molecule has 0 aromatic rings. The van der Waals surface area contributed by atoms with E-state index >= 15 is 0 Å². The van der Waals surface area contributed by atoms with Crippen LogP contribution in [0, 0.1) is 35.5 Å². The normalized spacial score (nSPS) is 53.6. The van der Waals surface area contributed by atoms with Crippen molar-refractivity contribution in [2.45, 2.75) is 237 Å². The molecule has 67 heavy (non-hydrogen) atoms. The molecule has 8 aliphatic rings. The zero-order valence-electron chi connectivity index (χ0n) is 37.6. The van der Waals surface area contributed by atoms with Crippen LogP contribution in [0.15, 0.2) is 0 Å². The summed E-state index contributed by atoms with van der Waals surface area (Å²) in [5, 5.41) is 183. The van der Waals surface area contributed by atoms with Gasteiger partial charge in [0.25, 0.3) is 0 Å². The molecule has 8 fully saturated rings. The molecule has 8 rings (SSSR count). The third-order valence-electron chi connectivity index (χ3n) is 16.3. The van der Waals surface area contributed by atoms with Gasteiger partial charge in [-0.05, 0) is 102 Å². The molecule has 18 N–H and O–H groups in total. The van der Waals surface area contributed by atoms with Gasteiger partial charge in [0.1, 0.15) is 24.4 Å².